The van der Waals surface area contributed by atoms with Gasteiger partial charge in [0.15, 0.2) is 0 Å². The van der Waals surface area contributed by atoms with Crippen molar-refractivity contribution in [2.45, 2.75) is 38.4 Å². The molecule has 9 heteroatoms. The van der Waals surface area contributed by atoms with Crippen molar-refractivity contribution in [1.29, 1.82) is 0 Å². The maximum Gasteiger partial charge on any atom is 0.396 e. The number of hydrogen-bond acceptors (Lipinski definition) is 4. The summed E-state index contributed by atoms with van der Waals surface area (Å²) in [7, 11) is 3.83. The molecule has 0 aliphatic heterocycles. The number of amides is 1. The zero-order valence-corrected chi connectivity index (χ0v) is 14.8. The molecule has 0 spiro atoms. The number of halogens is 3. The van der Waals surface area contributed by atoms with Gasteiger partial charge >= 0.3 is 6.18 Å². The first-order chi connectivity index (χ1) is 12.2. The first-order valence-corrected chi connectivity index (χ1v) is 8.32. The fourth-order valence-electron chi connectivity index (χ4n) is 2.80. The Morgan fingerprint density at radius 3 is 2.69 bits per heavy atom. The van der Waals surface area contributed by atoms with Crippen molar-refractivity contribution in [2.24, 2.45) is 0 Å². The number of nitrogens with zero attached hydrogens (tertiary/aromatic N) is 3. The van der Waals surface area contributed by atoms with Crippen LogP contribution in [0.2, 0.25) is 0 Å². The highest BCUT2D eigenvalue weighted by atomic mass is 19.4. The van der Waals surface area contributed by atoms with Crippen LogP contribution >= 0.6 is 0 Å². The maximum atomic E-state index is 12.9. The lowest BCUT2D eigenvalue weighted by atomic mass is 10.1. The van der Waals surface area contributed by atoms with Crippen molar-refractivity contribution >= 4 is 16.9 Å². The fourth-order valence-corrected chi connectivity index (χ4v) is 2.80. The van der Waals surface area contributed by atoms with Gasteiger partial charge in [0.05, 0.1) is 11.0 Å². The molecule has 1 aromatic heterocycles. The van der Waals surface area contributed by atoms with E-state index in [9.17, 15) is 18.0 Å². The van der Waals surface area contributed by atoms with Gasteiger partial charge in [-0.15, -0.1) is 0 Å². The largest absolute Gasteiger partial charge is 0.396 e. The van der Waals surface area contributed by atoms with Crippen molar-refractivity contribution in [3.63, 3.8) is 0 Å². The molecular weight excluding hydrogens is 349 g/mol. The van der Waals surface area contributed by atoms with Crippen molar-refractivity contribution in [2.75, 3.05) is 20.6 Å². The van der Waals surface area contributed by atoms with Crippen LogP contribution in [0.3, 0.4) is 0 Å². The van der Waals surface area contributed by atoms with Crippen LogP contribution < -0.4 is 5.48 Å². The van der Waals surface area contributed by atoms with Crippen molar-refractivity contribution in [3.05, 3.63) is 29.6 Å². The zero-order valence-electron chi connectivity index (χ0n) is 14.8. The molecule has 144 valence electrons. The molecule has 0 atom stereocenters. The number of fused-ring (bicyclic) bond motifs is 1. The van der Waals surface area contributed by atoms with Gasteiger partial charge in [0.2, 0.25) is 5.91 Å². The second-order valence-corrected chi connectivity index (χ2v) is 6.49. The first-order valence-electron chi connectivity index (χ1n) is 8.32. The van der Waals surface area contributed by atoms with Crippen LogP contribution in [0.1, 0.15) is 24.2 Å². The summed E-state index contributed by atoms with van der Waals surface area (Å²) in [4.78, 5) is 17.3. The quantitative estimate of drug-likeness (QED) is 0.552. The van der Waals surface area contributed by atoms with Crippen LogP contribution in [0.15, 0.2) is 18.2 Å². The van der Waals surface area contributed by atoms with Gasteiger partial charge in [-0.05, 0) is 51.2 Å². The van der Waals surface area contributed by atoms with E-state index in [4.69, 9.17) is 5.21 Å². The Hall–Kier alpha value is -2.13. The second kappa shape index (κ2) is 8.50. The van der Waals surface area contributed by atoms with Crippen molar-refractivity contribution in [1.82, 2.24) is 19.9 Å². The van der Waals surface area contributed by atoms with E-state index >= 15 is 0 Å². The predicted molar refractivity (Wildman–Crippen MR) is 90.9 cm³/mol. The number of aromatic nitrogens is 2. The lowest BCUT2D eigenvalue weighted by Crippen LogP contribution is -2.19. The summed E-state index contributed by atoms with van der Waals surface area (Å²) in [6.07, 6.45) is -4.25. The Bertz CT molecular complexity index is 756. The minimum absolute atomic E-state index is 0.00323. The summed E-state index contributed by atoms with van der Waals surface area (Å²) in [5, 5.41) is 8.53. The topological polar surface area (TPSA) is 70.4 Å². The van der Waals surface area contributed by atoms with Crippen molar-refractivity contribution in [3.8, 4) is 0 Å². The number of rotatable bonds is 8. The number of hydroxylamine groups is 1. The molecule has 1 aromatic carbocycles. The van der Waals surface area contributed by atoms with Crippen LogP contribution in [-0.2, 0) is 24.2 Å². The minimum atomic E-state index is -4.33. The first kappa shape index (κ1) is 20.2. The molecule has 6 nitrogen and oxygen atoms in total. The Morgan fingerprint density at radius 2 is 2.08 bits per heavy atom. The normalized spacial score (nSPS) is 12.1. The number of aryl methyl sites for hydroxylation is 2. The lowest BCUT2D eigenvalue weighted by molar-refractivity contribution is -0.129. The van der Waals surface area contributed by atoms with Gasteiger partial charge in [0, 0.05) is 13.0 Å². The molecule has 2 rings (SSSR count). The smallest absolute Gasteiger partial charge is 0.328 e. The van der Waals surface area contributed by atoms with Gasteiger partial charge in [0.1, 0.15) is 12.2 Å². The molecule has 0 saturated carbocycles. The monoisotopic (exact) mass is 372 g/mol. The van der Waals surface area contributed by atoms with E-state index in [1.54, 1.807) is 28.2 Å². The standard InChI is InChI=1S/C17H23F3N4O2/c1-23(2)8-3-9-24-14-6-4-12(5-7-16(25)22-26)10-13(14)21-15(24)11-17(18,19)20/h4,6,10,26H,3,5,7-9,11H2,1-2H3,(H,22,25). The Kier molecular flexibility index (Phi) is 6.60. The van der Waals surface area contributed by atoms with Gasteiger partial charge in [-0.25, -0.2) is 10.5 Å². The Balaban J connectivity index is 2.29. The van der Waals surface area contributed by atoms with Gasteiger partial charge < -0.3 is 9.47 Å². The second-order valence-electron chi connectivity index (χ2n) is 6.49. The highest BCUT2D eigenvalue weighted by molar-refractivity contribution is 5.78. The third kappa shape index (κ3) is 5.70. The number of nitrogens with one attached hydrogen (secondary N) is 1. The van der Waals surface area contributed by atoms with E-state index in [0.717, 1.165) is 12.1 Å². The van der Waals surface area contributed by atoms with Crippen molar-refractivity contribution < 1.29 is 23.2 Å². The Morgan fingerprint density at radius 1 is 1.35 bits per heavy atom. The number of carbonyl (C=O) groups excluding carboxylic acids is 1. The molecule has 0 unspecified atom stereocenters. The predicted octanol–water partition coefficient (Wildman–Crippen LogP) is 2.53. The van der Waals surface area contributed by atoms with Crippen LogP contribution in [0.5, 0.6) is 0 Å². The van der Waals surface area contributed by atoms with E-state index in [-0.39, 0.29) is 12.2 Å². The molecule has 1 heterocycles. The van der Waals surface area contributed by atoms with Crippen LogP contribution in [0.25, 0.3) is 11.0 Å². The lowest BCUT2D eigenvalue weighted by Gasteiger charge is -2.13. The van der Waals surface area contributed by atoms with Gasteiger partial charge in [-0.1, -0.05) is 6.07 Å². The average molecular weight is 372 g/mol. The van der Waals surface area contributed by atoms with E-state index < -0.39 is 18.5 Å². The molecule has 0 bridgehead atoms. The highest BCUT2D eigenvalue weighted by Crippen LogP contribution is 2.25. The number of alkyl halides is 3. The summed E-state index contributed by atoms with van der Waals surface area (Å²) < 4.78 is 40.3. The van der Waals surface area contributed by atoms with E-state index in [0.29, 0.717) is 30.4 Å². The summed E-state index contributed by atoms with van der Waals surface area (Å²) in [5.41, 5.74) is 3.47. The average Bonchev–Trinajstić information content (AvgIpc) is 2.87. The molecule has 1 amide bonds. The SMILES string of the molecule is CN(C)CCCn1c(CC(F)(F)F)nc2cc(CCC(=O)NO)ccc21. The van der Waals surface area contributed by atoms with Crippen LogP contribution in [-0.4, -0.2) is 52.4 Å². The molecular formula is C17H23F3N4O2. The summed E-state index contributed by atoms with van der Waals surface area (Å²) >= 11 is 0. The van der Waals surface area contributed by atoms with Gasteiger partial charge in [-0.3, -0.25) is 10.0 Å². The van der Waals surface area contributed by atoms with E-state index in [1.165, 1.54) is 0 Å². The number of hydrogen-bond donors (Lipinski definition) is 2. The molecule has 0 aliphatic carbocycles. The third-order valence-corrected chi connectivity index (χ3v) is 4.00. The van der Waals surface area contributed by atoms with Gasteiger partial charge in [0.25, 0.3) is 0 Å². The summed E-state index contributed by atoms with van der Waals surface area (Å²) in [6, 6.07) is 5.21. The van der Waals surface area contributed by atoms with Gasteiger partial charge in [-0.2, -0.15) is 13.2 Å². The Labute approximate surface area is 149 Å². The molecule has 0 radical (unpaired) electrons. The van der Waals surface area contributed by atoms with Crippen LogP contribution in [0.4, 0.5) is 13.2 Å². The molecule has 0 aliphatic rings. The van der Waals surface area contributed by atoms with E-state index in [1.807, 2.05) is 19.0 Å². The zero-order chi connectivity index (χ0) is 19.3. The maximum absolute atomic E-state index is 12.9. The van der Waals surface area contributed by atoms with E-state index in [2.05, 4.69) is 4.98 Å². The van der Waals surface area contributed by atoms with Crippen LogP contribution in [0, 0.1) is 0 Å². The number of benzene rings is 1. The summed E-state index contributed by atoms with van der Waals surface area (Å²) in [5.74, 6) is -0.520. The molecule has 26 heavy (non-hydrogen) atoms. The molecule has 2 N–H and O–H groups in total. The molecule has 2 aromatic rings. The third-order valence-electron chi connectivity index (χ3n) is 4.00. The number of imidazole rings is 1. The molecule has 0 saturated heterocycles. The minimum Gasteiger partial charge on any atom is -0.328 e. The molecule has 0 fully saturated rings. The summed E-state index contributed by atoms with van der Waals surface area (Å²) in [6.45, 7) is 1.21. The number of carbonyl (C=O) groups is 1. The highest BCUT2D eigenvalue weighted by Gasteiger charge is 2.31. The fraction of sp³-hybridized carbons (Fsp3) is 0.529.